The van der Waals surface area contributed by atoms with Crippen molar-refractivity contribution in [1.29, 1.82) is 0 Å². The fourth-order valence-corrected chi connectivity index (χ4v) is 2.54. The predicted octanol–water partition coefficient (Wildman–Crippen LogP) is 3.65. The largest absolute Gasteiger partial charge is 0.478 e. The van der Waals surface area contributed by atoms with Crippen LogP contribution in [-0.2, 0) is 0 Å². The maximum absolute atomic E-state index is 5.61. The summed E-state index contributed by atoms with van der Waals surface area (Å²) in [7, 11) is 0. The minimum Gasteiger partial charge on any atom is -0.478 e. The van der Waals surface area contributed by atoms with Crippen LogP contribution in [-0.4, -0.2) is 22.6 Å². The molecule has 2 atom stereocenters. The lowest BCUT2D eigenvalue weighted by Gasteiger charge is -2.29. The number of rotatable bonds is 6. The van der Waals surface area contributed by atoms with Crippen LogP contribution >= 0.6 is 0 Å². The van der Waals surface area contributed by atoms with Crippen LogP contribution in [0.4, 0.5) is 5.82 Å². The third-order valence-corrected chi connectivity index (χ3v) is 3.83. The fraction of sp³-hybridized carbons (Fsp3) is 0.733. The van der Waals surface area contributed by atoms with Gasteiger partial charge in [-0.15, -0.1) is 0 Å². The third-order valence-electron chi connectivity index (χ3n) is 3.83. The highest BCUT2D eigenvalue weighted by Crippen LogP contribution is 2.26. The quantitative estimate of drug-likeness (QED) is 0.796. The Hall–Kier alpha value is -1.32. The van der Waals surface area contributed by atoms with Crippen molar-refractivity contribution in [3.8, 4) is 5.88 Å². The summed E-state index contributed by atoms with van der Waals surface area (Å²) in [6, 6.07) is 2.45. The molecule has 106 valence electrons. The monoisotopic (exact) mass is 263 g/mol. The van der Waals surface area contributed by atoms with Gasteiger partial charge in [0, 0.05) is 12.1 Å². The maximum Gasteiger partial charge on any atom is 0.218 e. The van der Waals surface area contributed by atoms with Gasteiger partial charge >= 0.3 is 0 Å². The molecule has 1 saturated carbocycles. The number of hydrogen-bond acceptors (Lipinski definition) is 4. The van der Waals surface area contributed by atoms with E-state index in [1.807, 2.05) is 6.07 Å². The first kappa shape index (κ1) is 14.1. The molecule has 0 amide bonds. The molecule has 0 bridgehead atoms. The first-order valence-corrected chi connectivity index (χ1v) is 7.51. The third kappa shape index (κ3) is 4.37. The maximum atomic E-state index is 5.61. The summed E-state index contributed by atoms with van der Waals surface area (Å²) in [6.07, 6.45) is 8.99. The van der Waals surface area contributed by atoms with Crippen LogP contribution < -0.4 is 10.1 Å². The van der Waals surface area contributed by atoms with Crippen LogP contribution in [0.5, 0.6) is 5.88 Å². The molecule has 1 aliphatic rings. The molecule has 0 aliphatic heterocycles. The molecule has 1 fully saturated rings. The van der Waals surface area contributed by atoms with E-state index in [9.17, 15) is 0 Å². The van der Waals surface area contributed by atoms with Crippen LogP contribution in [0.3, 0.4) is 0 Å². The van der Waals surface area contributed by atoms with Crippen molar-refractivity contribution < 1.29 is 4.74 Å². The van der Waals surface area contributed by atoms with E-state index in [1.165, 1.54) is 25.7 Å². The molecule has 1 aliphatic carbocycles. The highest BCUT2D eigenvalue weighted by molar-refractivity contribution is 5.38. The number of unbranched alkanes of at least 4 members (excludes halogenated alkanes) is 1. The van der Waals surface area contributed by atoms with E-state index in [-0.39, 0.29) is 0 Å². The molecule has 2 unspecified atom stereocenters. The standard InChI is InChI=1S/C15H25N3O/c1-3-4-9-19-15-10-14(16-11-17-15)18-13-8-6-5-7-12(13)2/h10-13H,3-9H2,1-2H3,(H,16,17,18). The Kier molecular flexibility index (Phi) is 5.43. The van der Waals surface area contributed by atoms with Crippen LogP contribution in [0.25, 0.3) is 0 Å². The van der Waals surface area contributed by atoms with Gasteiger partial charge in [-0.05, 0) is 25.2 Å². The van der Waals surface area contributed by atoms with Crippen LogP contribution in [0.1, 0.15) is 52.4 Å². The summed E-state index contributed by atoms with van der Waals surface area (Å²) in [5, 5.41) is 3.53. The van der Waals surface area contributed by atoms with E-state index < -0.39 is 0 Å². The number of aromatic nitrogens is 2. The van der Waals surface area contributed by atoms with Crippen molar-refractivity contribution in [2.24, 2.45) is 5.92 Å². The van der Waals surface area contributed by atoms with Gasteiger partial charge < -0.3 is 10.1 Å². The number of hydrogen-bond donors (Lipinski definition) is 1. The minimum atomic E-state index is 0.534. The summed E-state index contributed by atoms with van der Waals surface area (Å²) in [5.74, 6) is 2.28. The Morgan fingerprint density at radius 3 is 2.95 bits per heavy atom. The lowest BCUT2D eigenvalue weighted by Crippen LogP contribution is -2.30. The first-order valence-electron chi connectivity index (χ1n) is 7.51. The fourth-order valence-electron chi connectivity index (χ4n) is 2.54. The lowest BCUT2D eigenvalue weighted by atomic mass is 9.86. The van der Waals surface area contributed by atoms with E-state index in [1.54, 1.807) is 6.33 Å². The van der Waals surface area contributed by atoms with Crippen molar-refractivity contribution >= 4 is 5.82 Å². The molecule has 1 aromatic heterocycles. The van der Waals surface area contributed by atoms with Crippen LogP contribution in [0, 0.1) is 5.92 Å². The smallest absolute Gasteiger partial charge is 0.218 e. The zero-order chi connectivity index (χ0) is 13.5. The molecule has 0 spiro atoms. The van der Waals surface area contributed by atoms with Gasteiger partial charge in [0.1, 0.15) is 12.1 Å². The van der Waals surface area contributed by atoms with Crippen molar-refractivity contribution in [2.75, 3.05) is 11.9 Å². The molecule has 1 N–H and O–H groups in total. The second kappa shape index (κ2) is 7.31. The Balaban J connectivity index is 1.90. The van der Waals surface area contributed by atoms with Gasteiger partial charge in [0.25, 0.3) is 0 Å². The van der Waals surface area contributed by atoms with Crippen molar-refractivity contribution in [3.63, 3.8) is 0 Å². The normalized spacial score (nSPS) is 23.1. The number of anilines is 1. The molecular weight excluding hydrogens is 238 g/mol. The SMILES string of the molecule is CCCCOc1cc(NC2CCCCC2C)ncn1. The Morgan fingerprint density at radius 2 is 2.16 bits per heavy atom. The summed E-state index contributed by atoms with van der Waals surface area (Å²) >= 11 is 0. The molecular formula is C15H25N3O. The second-order valence-electron chi connectivity index (χ2n) is 5.46. The molecule has 4 heteroatoms. The van der Waals surface area contributed by atoms with Gasteiger partial charge in [0.05, 0.1) is 6.61 Å². The minimum absolute atomic E-state index is 0.534. The van der Waals surface area contributed by atoms with E-state index in [0.29, 0.717) is 17.8 Å². The summed E-state index contributed by atoms with van der Waals surface area (Å²) < 4.78 is 5.61. The Bertz CT molecular complexity index is 383. The summed E-state index contributed by atoms with van der Waals surface area (Å²) in [4.78, 5) is 8.44. The van der Waals surface area contributed by atoms with Gasteiger partial charge in [-0.25, -0.2) is 9.97 Å². The molecule has 0 saturated heterocycles. The highest BCUT2D eigenvalue weighted by atomic mass is 16.5. The van der Waals surface area contributed by atoms with Crippen LogP contribution in [0.2, 0.25) is 0 Å². The molecule has 1 heterocycles. The Morgan fingerprint density at radius 1 is 1.32 bits per heavy atom. The molecule has 4 nitrogen and oxygen atoms in total. The van der Waals surface area contributed by atoms with Gasteiger partial charge in [0.2, 0.25) is 5.88 Å². The number of ether oxygens (including phenoxy) is 1. The van der Waals surface area contributed by atoms with E-state index >= 15 is 0 Å². The topological polar surface area (TPSA) is 47.0 Å². The van der Waals surface area contributed by atoms with Gasteiger partial charge in [-0.2, -0.15) is 0 Å². The first-order chi connectivity index (χ1) is 9.29. The Labute approximate surface area is 116 Å². The highest BCUT2D eigenvalue weighted by Gasteiger charge is 2.21. The summed E-state index contributed by atoms with van der Waals surface area (Å²) in [5.41, 5.74) is 0. The van der Waals surface area contributed by atoms with Crippen molar-refractivity contribution in [1.82, 2.24) is 9.97 Å². The van der Waals surface area contributed by atoms with Crippen molar-refractivity contribution in [2.45, 2.75) is 58.4 Å². The van der Waals surface area contributed by atoms with Gasteiger partial charge in [-0.1, -0.05) is 33.1 Å². The molecule has 0 aromatic carbocycles. The van der Waals surface area contributed by atoms with E-state index in [0.717, 1.165) is 25.3 Å². The molecule has 2 rings (SSSR count). The average Bonchev–Trinajstić information content (AvgIpc) is 2.42. The molecule has 0 radical (unpaired) electrons. The summed E-state index contributed by atoms with van der Waals surface area (Å²) in [6.45, 7) is 5.20. The second-order valence-corrected chi connectivity index (χ2v) is 5.46. The predicted molar refractivity (Wildman–Crippen MR) is 77.5 cm³/mol. The van der Waals surface area contributed by atoms with Gasteiger partial charge in [0.15, 0.2) is 0 Å². The van der Waals surface area contributed by atoms with Crippen LogP contribution in [0.15, 0.2) is 12.4 Å². The van der Waals surface area contributed by atoms with Gasteiger partial charge in [-0.3, -0.25) is 0 Å². The average molecular weight is 263 g/mol. The van der Waals surface area contributed by atoms with E-state index in [2.05, 4.69) is 29.1 Å². The zero-order valence-corrected chi connectivity index (χ0v) is 12.1. The molecule has 19 heavy (non-hydrogen) atoms. The number of nitrogens with one attached hydrogen (secondary N) is 1. The van der Waals surface area contributed by atoms with Crippen molar-refractivity contribution in [3.05, 3.63) is 12.4 Å². The number of nitrogens with zero attached hydrogens (tertiary/aromatic N) is 2. The van der Waals surface area contributed by atoms with E-state index in [4.69, 9.17) is 4.74 Å². The zero-order valence-electron chi connectivity index (χ0n) is 12.1. The molecule has 1 aromatic rings. The lowest BCUT2D eigenvalue weighted by molar-refractivity contribution is 0.297.